The van der Waals surface area contributed by atoms with Crippen molar-refractivity contribution in [3.63, 3.8) is 0 Å². The van der Waals surface area contributed by atoms with E-state index in [0.717, 1.165) is 27.6 Å². The maximum atomic E-state index is 12.5. The van der Waals surface area contributed by atoms with Gasteiger partial charge >= 0.3 is 0 Å². The molecule has 0 bridgehead atoms. The molecule has 6 nitrogen and oxygen atoms in total. The van der Waals surface area contributed by atoms with Gasteiger partial charge < -0.3 is 14.3 Å². The van der Waals surface area contributed by atoms with Crippen molar-refractivity contribution in [2.45, 2.75) is 0 Å². The normalized spacial score (nSPS) is 11.2. The van der Waals surface area contributed by atoms with Gasteiger partial charge in [0.1, 0.15) is 17.1 Å². The van der Waals surface area contributed by atoms with E-state index in [1.165, 1.54) is 0 Å². The lowest BCUT2D eigenvalue weighted by molar-refractivity contribution is 0.413. The van der Waals surface area contributed by atoms with Crippen LogP contribution in [-0.2, 0) is 7.05 Å². The van der Waals surface area contributed by atoms with Gasteiger partial charge in [-0.2, -0.15) is 0 Å². The third kappa shape index (κ3) is 2.07. The van der Waals surface area contributed by atoms with E-state index in [-0.39, 0.29) is 5.56 Å². The molecule has 1 N–H and O–H groups in total. The van der Waals surface area contributed by atoms with Gasteiger partial charge in [0.2, 0.25) is 0 Å². The summed E-state index contributed by atoms with van der Waals surface area (Å²) in [5.41, 5.74) is 3.13. The van der Waals surface area contributed by atoms with Crippen LogP contribution < -0.4 is 10.3 Å². The summed E-state index contributed by atoms with van der Waals surface area (Å²) in [6.45, 7) is 0. The van der Waals surface area contributed by atoms with Gasteiger partial charge in [0.05, 0.1) is 24.3 Å². The molecule has 0 aliphatic heterocycles. The van der Waals surface area contributed by atoms with Crippen molar-refractivity contribution in [2.24, 2.45) is 7.05 Å². The van der Waals surface area contributed by atoms with Crippen molar-refractivity contribution >= 4 is 22.1 Å². The number of hydrogen-bond acceptors (Lipinski definition) is 4. The van der Waals surface area contributed by atoms with Gasteiger partial charge in [-0.15, -0.1) is 0 Å². The second kappa shape index (κ2) is 4.95. The smallest absolute Gasteiger partial charge is 0.275 e. The zero-order chi connectivity index (χ0) is 16.0. The monoisotopic (exact) mass is 306 g/mol. The van der Waals surface area contributed by atoms with Gasteiger partial charge in [-0.25, -0.2) is 9.97 Å². The van der Waals surface area contributed by atoms with E-state index in [1.54, 1.807) is 13.3 Å². The van der Waals surface area contributed by atoms with Crippen LogP contribution in [0, 0.1) is 0 Å². The molecule has 114 valence electrons. The minimum atomic E-state index is -0.223. The molecule has 0 unspecified atom stereocenters. The van der Waals surface area contributed by atoms with E-state index < -0.39 is 0 Å². The number of nitrogens with zero attached hydrogens (tertiary/aromatic N) is 3. The lowest BCUT2D eigenvalue weighted by Gasteiger charge is -2.02. The molecule has 1 aromatic carbocycles. The number of rotatable bonds is 2. The van der Waals surface area contributed by atoms with E-state index in [4.69, 9.17) is 4.74 Å². The molecular formula is C17H14N4O2. The maximum absolute atomic E-state index is 12.5. The average Bonchev–Trinajstić information content (AvgIpc) is 2.90. The van der Waals surface area contributed by atoms with Gasteiger partial charge in [0.15, 0.2) is 0 Å². The van der Waals surface area contributed by atoms with Crippen molar-refractivity contribution in [1.29, 1.82) is 0 Å². The third-order valence-corrected chi connectivity index (χ3v) is 3.88. The van der Waals surface area contributed by atoms with E-state index >= 15 is 0 Å². The van der Waals surface area contributed by atoms with Crippen LogP contribution in [0.3, 0.4) is 0 Å². The summed E-state index contributed by atoms with van der Waals surface area (Å²) in [7, 11) is 3.48. The van der Waals surface area contributed by atoms with Gasteiger partial charge in [-0.05, 0) is 18.2 Å². The van der Waals surface area contributed by atoms with E-state index in [1.807, 2.05) is 48.1 Å². The van der Waals surface area contributed by atoms with Crippen LogP contribution in [0.25, 0.3) is 33.3 Å². The Labute approximate surface area is 131 Å². The third-order valence-electron chi connectivity index (χ3n) is 3.88. The van der Waals surface area contributed by atoms with Crippen molar-refractivity contribution in [1.82, 2.24) is 19.5 Å². The number of H-pyrrole nitrogens is 1. The van der Waals surface area contributed by atoms with Crippen LogP contribution in [0.15, 0.2) is 47.5 Å². The molecule has 23 heavy (non-hydrogen) atoms. The standard InChI is InChI=1S/C17H14N4O2/c1-21-9-12(11-7-10(23-2)8-18-16(11)21)15-17(22)20-14-6-4-3-5-13(14)19-15/h3-9H,1-2H3,(H,20,22). The SMILES string of the molecule is COc1cnc2c(c1)c(-c1nc3ccccc3[nH]c1=O)cn2C. The average molecular weight is 306 g/mol. The first-order chi connectivity index (χ1) is 11.2. The molecule has 0 saturated heterocycles. The lowest BCUT2D eigenvalue weighted by atomic mass is 10.1. The molecule has 6 heteroatoms. The highest BCUT2D eigenvalue weighted by Gasteiger charge is 2.15. The van der Waals surface area contributed by atoms with Gasteiger partial charge in [-0.1, -0.05) is 12.1 Å². The lowest BCUT2D eigenvalue weighted by Crippen LogP contribution is -2.11. The Morgan fingerprint density at radius 1 is 1.26 bits per heavy atom. The Hall–Kier alpha value is -3.15. The molecule has 0 spiro atoms. The molecule has 4 aromatic rings. The van der Waals surface area contributed by atoms with E-state index in [2.05, 4.69) is 15.0 Å². The number of ether oxygens (including phenoxy) is 1. The molecule has 3 aromatic heterocycles. The predicted molar refractivity (Wildman–Crippen MR) is 88.6 cm³/mol. The largest absolute Gasteiger partial charge is 0.495 e. The number of benzene rings is 1. The first-order valence-electron chi connectivity index (χ1n) is 7.16. The van der Waals surface area contributed by atoms with Gasteiger partial charge in [0.25, 0.3) is 5.56 Å². The van der Waals surface area contributed by atoms with E-state index in [9.17, 15) is 4.79 Å². The van der Waals surface area contributed by atoms with Crippen molar-refractivity contribution in [2.75, 3.05) is 7.11 Å². The zero-order valence-electron chi connectivity index (χ0n) is 12.7. The Kier molecular flexibility index (Phi) is 2.90. The highest BCUT2D eigenvalue weighted by Crippen LogP contribution is 2.29. The number of nitrogens with one attached hydrogen (secondary N) is 1. The molecule has 0 aliphatic rings. The first-order valence-corrected chi connectivity index (χ1v) is 7.16. The van der Waals surface area contributed by atoms with Crippen molar-refractivity contribution in [3.8, 4) is 17.0 Å². The molecule has 0 amide bonds. The van der Waals surface area contributed by atoms with Crippen molar-refractivity contribution < 1.29 is 4.74 Å². The first kappa shape index (κ1) is 13.5. The maximum Gasteiger partial charge on any atom is 0.275 e. The van der Waals surface area contributed by atoms with Crippen LogP contribution in [0.5, 0.6) is 5.75 Å². The Morgan fingerprint density at radius 2 is 2.09 bits per heavy atom. The van der Waals surface area contributed by atoms with Crippen LogP contribution >= 0.6 is 0 Å². The molecule has 3 heterocycles. The quantitative estimate of drug-likeness (QED) is 0.617. The summed E-state index contributed by atoms with van der Waals surface area (Å²) >= 11 is 0. The number of hydrogen-bond donors (Lipinski definition) is 1. The Morgan fingerprint density at radius 3 is 2.91 bits per heavy atom. The molecular weight excluding hydrogens is 292 g/mol. The zero-order valence-corrected chi connectivity index (χ0v) is 12.7. The number of methoxy groups -OCH3 is 1. The molecule has 0 fully saturated rings. The van der Waals surface area contributed by atoms with Crippen LogP contribution in [0.1, 0.15) is 0 Å². The second-order valence-corrected chi connectivity index (χ2v) is 5.33. The minimum Gasteiger partial charge on any atom is -0.495 e. The highest BCUT2D eigenvalue weighted by molar-refractivity contribution is 5.94. The molecule has 0 saturated carbocycles. The molecule has 0 aliphatic carbocycles. The summed E-state index contributed by atoms with van der Waals surface area (Å²) in [6, 6.07) is 9.34. The number of aromatic amines is 1. The predicted octanol–water partition coefficient (Wildman–Crippen LogP) is 2.49. The van der Waals surface area contributed by atoms with Crippen molar-refractivity contribution in [3.05, 3.63) is 53.1 Å². The topological polar surface area (TPSA) is 72.8 Å². The molecule has 4 rings (SSSR count). The fraction of sp³-hybridized carbons (Fsp3) is 0.118. The molecule has 0 atom stereocenters. The second-order valence-electron chi connectivity index (χ2n) is 5.33. The Balaban J connectivity index is 2.06. The summed E-state index contributed by atoms with van der Waals surface area (Å²) in [4.78, 5) is 24.3. The van der Waals surface area contributed by atoms with Crippen LogP contribution in [0.4, 0.5) is 0 Å². The van der Waals surface area contributed by atoms with Crippen LogP contribution in [0.2, 0.25) is 0 Å². The number of aromatic nitrogens is 4. The fourth-order valence-electron chi connectivity index (χ4n) is 2.75. The minimum absolute atomic E-state index is 0.223. The van der Waals surface area contributed by atoms with Gasteiger partial charge in [0, 0.05) is 24.2 Å². The van der Waals surface area contributed by atoms with Gasteiger partial charge in [-0.3, -0.25) is 4.79 Å². The van der Waals surface area contributed by atoms with Crippen LogP contribution in [-0.4, -0.2) is 26.6 Å². The summed E-state index contributed by atoms with van der Waals surface area (Å²) in [5.74, 6) is 0.641. The summed E-state index contributed by atoms with van der Waals surface area (Å²) < 4.78 is 7.12. The summed E-state index contributed by atoms with van der Waals surface area (Å²) in [6.07, 6.45) is 3.52. The molecule has 0 radical (unpaired) electrons. The Bertz CT molecular complexity index is 1090. The number of aryl methyl sites for hydroxylation is 1. The number of para-hydroxylation sites is 2. The summed E-state index contributed by atoms with van der Waals surface area (Å²) in [5, 5.41) is 0.833. The highest BCUT2D eigenvalue weighted by atomic mass is 16.5. The fourth-order valence-corrected chi connectivity index (χ4v) is 2.75. The number of pyridine rings is 1. The number of fused-ring (bicyclic) bond motifs is 2. The van der Waals surface area contributed by atoms with E-state index in [0.29, 0.717) is 11.4 Å².